The van der Waals surface area contributed by atoms with E-state index in [-0.39, 0.29) is 5.95 Å². The zero-order valence-electron chi connectivity index (χ0n) is 11.2. The van der Waals surface area contributed by atoms with Crippen molar-refractivity contribution < 1.29 is 4.79 Å². The van der Waals surface area contributed by atoms with Crippen LogP contribution in [0.3, 0.4) is 0 Å². The summed E-state index contributed by atoms with van der Waals surface area (Å²) in [6, 6.07) is 10.7. The summed E-state index contributed by atoms with van der Waals surface area (Å²) in [4.78, 5) is 27.3. The predicted octanol–water partition coefficient (Wildman–Crippen LogP) is 1.66. The topological polar surface area (TPSA) is 76.3 Å². The van der Waals surface area contributed by atoms with Gasteiger partial charge in [0.2, 0.25) is 11.9 Å². The highest BCUT2D eigenvalue weighted by Crippen LogP contribution is 2.02. The molecule has 102 valence electrons. The first-order chi connectivity index (χ1) is 9.58. The zero-order chi connectivity index (χ0) is 14.5. The smallest absolute Gasteiger partial charge is 0.262 e. The van der Waals surface area contributed by atoms with Crippen molar-refractivity contribution in [3.05, 3.63) is 58.0 Å². The second-order valence-electron chi connectivity index (χ2n) is 4.19. The van der Waals surface area contributed by atoms with Gasteiger partial charge in [0.1, 0.15) is 0 Å². The number of hydrogen-bond donors (Lipinski definition) is 1. The second-order valence-corrected chi connectivity index (χ2v) is 4.19. The van der Waals surface area contributed by atoms with Gasteiger partial charge in [0.05, 0.1) is 6.21 Å². The number of benzene rings is 1. The van der Waals surface area contributed by atoms with Crippen LogP contribution in [-0.4, -0.2) is 21.7 Å². The molecule has 0 aliphatic carbocycles. The zero-order valence-corrected chi connectivity index (χ0v) is 11.2. The van der Waals surface area contributed by atoms with E-state index in [1.165, 1.54) is 13.0 Å². The number of carbonyl (C=O) groups excluding carboxylic acids is 1. The van der Waals surface area contributed by atoms with Gasteiger partial charge in [-0.3, -0.25) is 9.59 Å². The third-order valence-electron chi connectivity index (χ3n) is 2.54. The van der Waals surface area contributed by atoms with Crippen LogP contribution >= 0.6 is 0 Å². The summed E-state index contributed by atoms with van der Waals surface area (Å²) >= 11 is 0. The van der Waals surface area contributed by atoms with Crippen molar-refractivity contribution in [3.63, 3.8) is 0 Å². The van der Waals surface area contributed by atoms with Gasteiger partial charge in [0, 0.05) is 18.7 Å². The summed E-state index contributed by atoms with van der Waals surface area (Å²) in [5.41, 5.74) is 3.61. The number of hydrazone groups is 1. The molecule has 6 nitrogen and oxygen atoms in total. The number of carbonyl (C=O) groups is 1. The Morgan fingerprint density at radius 3 is 2.70 bits per heavy atom. The summed E-state index contributed by atoms with van der Waals surface area (Å²) in [7, 11) is 0. The molecule has 0 amide bonds. The Kier molecular flexibility index (Phi) is 4.05. The van der Waals surface area contributed by atoms with Gasteiger partial charge in [0.15, 0.2) is 0 Å². The number of anilines is 1. The third-order valence-corrected chi connectivity index (χ3v) is 2.54. The first-order valence-corrected chi connectivity index (χ1v) is 6.03. The molecule has 0 atom stereocenters. The predicted molar refractivity (Wildman–Crippen MR) is 77.2 cm³/mol. The summed E-state index contributed by atoms with van der Waals surface area (Å²) < 4.78 is 0.940. The Hall–Kier alpha value is -2.76. The molecule has 0 saturated carbocycles. The van der Waals surface area contributed by atoms with E-state index in [2.05, 4.69) is 15.5 Å². The molecule has 0 saturated heterocycles. The molecule has 0 fully saturated rings. The molecule has 0 bridgehead atoms. The van der Waals surface area contributed by atoms with E-state index in [1.807, 2.05) is 30.3 Å². The lowest BCUT2D eigenvalue weighted by Gasteiger charge is -2.07. The number of hydrogen-bond acceptors (Lipinski definition) is 5. The van der Waals surface area contributed by atoms with Crippen LogP contribution in [0.1, 0.15) is 23.0 Å². The van der Waals surface area contributed by atoms with Gasteiger partial charge in [0.25, 0.3) is 5.56 Å². The molecular weight excluding hydrogens is 256 g/mol. The lowest BCUT2D eigenvalue weighted by atomic mass is 10.2. The van der Waals surface area contributed by atoms with E-state index in [0.29, 0.717) is 5.69 Å². The molecule has 2 rings (SSSR count). The van der Waals surface area contributed by atoms with Gasteiger partial charge >= 0.3 is 0 Å². The summed E-state index contributed by atoms with van der Waals surface area (Å²) in [6.45, 7) is 2.97. The second kappa shape index (κ2) is 5.92. The van der Waals surface area contributed by atoms with Crippen molar-refractivity contribution in [3.8, 4) is 0 Å². The van der Waals surface area contributed by atoms with E-state index in [1.54, 1.807) is 13.1 Å². The van der Waals surface area contributed by atoms with Gasteiger partial charge in [-0.05, 0) is 12.5 Å². The van der Waals surface area contributed by atoms with Gasteiger partial charge < -0.3 is 0 Å². The van der Waals surface area contributed by atoms with Crippen LogP contribution < -0.4 is 11.0 Å². The minimum atomic E-state index is -0.428. The van der Waals surface area contributed by atoms with Gasteiger partial charge in [-0.2, -0.15) is 5.10 Å². The van der Waals surface area contributed by atoms with E-state index >= 15 is 0 Å². The molecule has 0 aliphatic rings. The average molecular weight is 270 g/mol. The standard InChI is InChI=1S/C14H14N4O2/c1-10-8-13(20)18(11(2)19)14(16-10)17-15-9-12-6-4-3-5-7-12/h3-9H,1-2H3,(H,16,17)/b15-9+. The Bertz CT molecular complexity index is 705. The lowest BCUT2D eigenvalue weighted by molar-refractivity contribution is 0.0933. The van der Waals surface area contributed by atoms with Crippen LogP contribution in [0, 0.1) is 6.92 Å². The summed E-state index contributed by atoms with van der Waals surface area (Å²) in [5.74, 6) is -0.311. The Morgan fingerprint density at radius 1 is 1.35 bits per heavy atom. The van der Waals surface area contributed by atoms with Crippen molar-refractivity contribution >= 4 is 18.1 Å². The first-order valence-electron chi connectivity index (χ1n) is 6.03. The van der Waals surface area contributed by atoms with Crippen molar-refractivity contribution in [1.82, 2.24) is 9.55 Å². The largest absolute Gasteiger partial charge is 0.274 e. The lowest BCUT2D eigenvalue weighted by Crippen LogP contribution is -2.27. The maximum absolute atomic E-state index is 11.7. The Labute approximate surface area is 115 Å². The fourth-order valence-electron chi connectivity index (χ4n) is 1.68. The minimum absolute atomic E-state index is 0.106. The van der Waals surface area contributed by atoms with Crippen LogP contribution in [0.5, 0.6) is 0 Å². The molecule has 1 aromatic carbocycles. The molecule has 2 aromatic rings. The number of aromatic nitrogens is 2. The molecule has 6 heteroatoms. The van der Waals surface area contributed by atoms with E-state index < -0.39 is 11.5 Å². The molecule has 1 heterocycles. The highest BCUT2D eigenvalue weighted by molar-refractivity contribution is 5.81. The van der Waals surface area contributed by atoms with Crippen LogP contribution in [0.15, 0.2) is 46.3 Å². The van der Waals surface area contributed by atoms with E-state index in [9.17, 15) is 9.59 Å². The molecule has 0 aliphatic heterocycles. The molecule has 1 aromatic heterocycles. The molecule has 0 unspecified atom stereocenters. The quantitative estimate of drug-likeness (QED) is 0.679. The number of nitrogens with one attached hydrogen (secondary N) is 1. The SMILES string of the molecule is CC(=O)n1c(N/N=C/c2ccccc2)nc(C)cc1=O. The van der Waals surface area contributed by atoms with Crippen LogP contribution in [0.25, 0.3) is 0 Å². The maximum atomic E-state index is 11.7. The van der Waals surface area contributed by atoms with Gasteiger partial charge in [-0.15, -0.1) is 0 Å². The normalized spacial score (nSPS) is 10.7. The minimum Gasteiger partial charge on any atom is -0.274 e. The molecule has 1 N–H and O–H groups in total. The van der Waals surface area contributed by atoms with Crippen LogP contribution in [0.2, 0.25) is 0 Å². The Balaban J connectivity index is 2.28. The first kappa shape index (κ1) is 13.7. The van der Waals surface area contributed by atoms with Crippen molar-refractivity contribution in [2.24, 2.45) is 5.10 Å². The highest BCUT2D eigenvalue weighted by atomic mass is 16.2. The van der Waals surface area contributed by atoms with Crippen molar-refractivity contribution in [2.45, 2.75) is 13.8 Å². The van der Waals surface area contributed by atoms with E-state index in [0.717, 1.165) is 10.1 Å². The monoisotopic (exact) mass is 270 g/mol. The molecule has 0 radical (unpaired) electrons. The van der Waals surface area contributed by atoms with Gasteiger partial charge in [-0.25, -0.2) is 15.0 Å². The summed E-state index contributed by atoms with van der Waals surface area (Å²) in [5, 5.41) is 3.99. The average Bonchev–Trinajstić information content (AvgIpc) is 2.38. The molecular formula is C14H14N4O2. The maximum Gasteiger partial charge on any atom is 0.262 e. The molecule has 20 heavy (non-hydrogen) atoms. The third kappa shape index (κ3) is 3.17. The highest BCUT2D eigenvalue weighted by Gasteiger charge is 2.09. The number of rotatable bonds is 3. The fraction of sp³-hybridized carbons (Fsp3) is 0.143. The summed E-state index contributed by atoms with van der Waals surface area (Å²) in [6.07, 6.45) is 1.58. The Morgan fingerprint density at radius 2 is 2.05 bits per heavy atom. The molecule has 0 spiro atoms. The van der Waals surface area contributed by atoms with Crippen LogP contribution in [0.4, 0.5) is 5.95 Å². The fourth-order valence-corrected chi connectivity index (χ4v) is 1.68. The number of aryl methyl sites for hydroxylation is 1. The van der Waals surface area contributed by atoms with E-state index in [4.69, 9.17) is 0 Å². The van der Waals surface area contributed by atoms with Gasteiger partial charge in [-0.1, -0.05) is 30.3 Å². The van der Waals surface area contributed by atoms with Crippen LogP contribution in [-0.2, 0) is 0 Å². The van der Waals surface area contributed by atoms with Crippen molar-refractivity contribution in [2.75, 3.05) is 5.43 Å². The number of nitrogens with zero attached hydrogens (tertiary/aromatic N) is 3. The van der Waals surface area contributed by atoms with Crippen molar-refractivity contribution in [1.29, 1.82) is 0 Å².